The Kier molecular flexibility index (Phi) is 4.79. The average Bonchev–Trinajstić information content (AvgIpc) is 2.82. The predicted molar refractivity (Wildman–Crippen MR) is 78.7 cm³/mol. The summed E-state index contributed by atoms with van der Waals surface area (Å²) in [6, 6.07) is 7.64. The molecule has 0 saturated heterocycles. The summed E-state index contributed by atoms with van der Waals surface area (Å²) in [5, 5.41) is 10.2. The summed E-state index contributed by atoms with van der Waals surface area (Å²) in [5.41, 5.74) is 0.912. The lowest BCUT2D eigenvalue weighted by atomic mass is 10.0. The van der Waals surface area contributed by atoms with Crippen LogP contribution in [0.1, 0.15) is 37.8 Å². The van der Waals surface area contributed by atoms with Crippen LogP contribution in [-0.2, 0) is 13.5 Å². The van der Waals surface area contributed by atoms with Gasteiger partial charge in [-0.1, -0.05) is 12.1 Å². The molecule has 0 saturated carbocycles. The summed E-state index contributed by atoms with van der Waals surface area (Å²) < 4.78 is 7.57. The number of rotatable bonds is 6. The van der Waals surface area contributed by atoms with Crippen molar-refractivity contribution < 1.29 is 9.84 Å². The molecular formula is C16H22N2O2. The zero-order valence-electron chi connectivity index (χ0n) is 12.3. The van der Waals surface area contributed by atoms with Crippen molar-refractivity contribution in [2.75, 3.05) is 0 Å². The first-order valence-electron chi connectivity index (χ1n) is 6.97. The minimum absolute atomic E-state index is 0.161. The van der Waals surface area contributed by atoms with Crippen LogP contribution >= 0.6 is 0 Å². The van der Waals surface area contributed by atoms with E-state index in [1.165, 1.54) is 0 Å². The first kappa shape index (κ1) is 14.6. The Balaban J connectivity index is 1.92. The normalized spacial score (nSPS) is 12.7. The topological polar surface area (TPSA) is 47.3 Å². The van der Waals surface area contributed by atoms with Crippen LogP contribution in [0.3, 0.4) is 0 Å². The molecule has 1 atom stereocenters. The number of aromatic nitrogens is 2. The average molecular weight is 274 g/mol. The van der Waals surface area contributed by atoms with Crippen molar-refractivity contribution in [3.8, 4) is 5.75 Å². The zero-order chi connectivity index (χ0) is 14.5. The smallest absolute Gasteiger partial charge is 0.119 e. The highest BCUT2D eigenvalue weighted by Gasteiger charge is 2.10. The third-order valence-electron chi connectivity index (χ3n) is 3.20. The van der Waals surface area contributed by atoms with Gasteiger partial charge in [-0.3, -0.25) is 0 Å². The number of hydrogen-bond acceptors (Lipinski definition) is 3. The number of aryl methyl sites for hydroxylation is 2. The fourth-order valence-corrected chi connectivity index (χ4v) is 2.11. The number of hydrogen-bond donors (Lipinski definition) is 1. The van der Waals surface area contributed by atoms with E-state index in [4.69, 9.17) is 4.74 Å². The van der Waals surface area contributed by atoms with Crippen molar-refractivity contribution >= 4 is 0 Å². The van der Waals surface area contributed by atoms with Gasteiger partial charge in [-0.25, -0.2) is 4.98 Å². The Labute approximate surface area is 120 Å². The van der Waals surface area contributed by atoms with Gasteiger partial charge < -0.3 is 14.4 Å². The van der Waals surface area contributed by atoms with E-state index in [2.05, 4.69) is 4.98 Å². The number of nitrogens with zero attached hydrogens (tertiary/aromatic N) is 2. The molecular weight excluding hydrogens is 252 g/mol. The Hall–Kier alpha value is -1.81. The molecule has 108 valence electrons. The van der Waals surface area contributed by atoms with E-state index in [0.29, 0.717) is 6.42 Å². The molecule has 1 heterocycles. The molecule has 1 unspecified atom stereocenters. The van der Waals surface area contributed by atoms with E-state index in [0.717, 1.165) is 23.6 Å². The van der Waals surface area contributed by atoms with Crippen molar-refractivity contribution in [3.05, 3.63) is 48.0 Å². The fraction of sp³-hybridized carbons (Fsp3) is 0.438. The number of benzene rings is 1. The fourth-order valence-electron chi connectivity index (χ4n) is 2.11. The standard InChI is InChI=1S/C16H22N2O2/c1-12(2)20-14-6-4-13(5-7-14)15(19)8-9-16-17-10-11-18(16)3/h4-7,10-12,15,19H,8-9H2,1-3H3. The van der Waals surface area contributed by atoms with E-state index in [1.807, 2.05) is 55.9 Å². The van der Waals surface area contributed by atoms with Crippen LogP contribution in [0.15, 0.2) is 36.7 Å². The summed E-state index contributed by atoms with van der Waals surface area (Å²) in [6.45, 7) is 3.99. The molecule has 0 spiro atoms. The predicted octanol–water partition coefficient (Wildman–Crippen LogP) is 2.87. The molecule has 0 aliphatic rings. The van der Waals surface area contributed by atoms with Gasteiger partial charge in [0.15, 0.2) is 0 Å². The van der Waals surface area contributed by atoms with Gasteiger partial charge in [0.1, 0.15) is 11.6 Å². The molecule has 1 aromatic carbocycles. The number of imidazole rings is 1. The third-order valence-corrected chi connectivity index (χ3v) is 3.20. The van der Waals surface area contributed by atoms with Crippen molar-refractivity contribution in [2.45, 2.75) is 38.9 Å². The second-order valence-corrected chi connectivity index (χ2v) is 5.24. The van der Waals surface area contributed by atoms with Gasteiger partial charge in [0.05, 0.1) is 12.2 Å². The van der Waals surface area contributed by atoms with Gasteiger partial charge in [0, 0.05) is 25.9 Å². The molecule has 0 amide bonds. The van der Waals surface area contributed by atoms with Crippen LogP contribution in [0.4, 0.5) is 0 Å². The SMILES string of the molecule is CC(C)Oc1ccc(C(O)CCc2nccn2C)cc1. The molecule has 4 nitrogen and oxygen atoms in total. The van der Waals surface area contributed by atoms with Crippen LogP contribution in [-0.4, -0.2) is 20.8 Å². The lowest BCUT2D eigenvalue weighted by molar-refractivity contribution is 0.166. The number of aliphatic hydroxyl groups is 1. The summed E-state index contributed by atoms with van der Waals surface area (Å²) in [5.74, 6) is 1.82. The molecule has 2 aromatic rings. The van der Waals surface area contributed by atoms with Crippen molar-refractivity contribution in [3.63, 3.8) is 0 Å². The van der Waals surface area contributed by atoms with E-state index < -0.39 is 6.10 Å². The van der Waals surface area contributed by atoms with Crippen LogP contribution in [0.5, 0.6) is 5.75 Å². The van der Waals surface area contributed by atoms with E-state index in [-0.39, 0.29) is 6.10 Å². The summed E-state index contributed by atoms with van der Waals surface area (Å²) in [6.07, 6.45) is 4.80. The first-order valence-corrected chi connectivity index (χ1v) is 6.97. The monoisotopic (exact) mass is 274 g/mol. The summed E-state index contributed by atoms with van der Waals surface area (Å²) in [7, 11) is 1.97. The quantitative estimate of drug-likeness (QED) is 0.881. The van der Waals surface area contributed by atoms with Gasteiger partial charge in [-0.05, 0) is 38.0 Å². The third kappa shape index (κ3) is 3.84. The Morgan fingerprint density at radius 2 is 1.95 bits per heavy atom. The highest BCUT2D eigenvalue weighted by Crippen LogP contribution is 2.22. The van der Waals surface area contributed by atoms with Crippen LogP contribution < -0.4 is 4.74 Å². The second kappa shape index (κ2) is 6.57. The molecule has 20 heavy (non-hydrogen) atoms. The van der Waals surface area contributed by atoms with Crippen LogP contribution in [0.25, 0.3) is 0 Å². The van der Waals surface area contributed by atoms with E-state index in [1.54, 1.807) is 6.20 Å². The lowest BCUT2D eigenvalue weighted by Crippen LogP contribution is -2.06. The summed E-state index contributed by atoms with van der Waals surface area (Å²) in [4.78, 5) is 4.26. The maximum atomic E-state index is 10.2. The molecule has 0 aliphatic heterocycles. The molecule has 0 bridgehead atoms. The highest BCUT2D eigenvalue weighted by molar-refractivity contribution is 5.28. The van der Waals surface area contributed by atoms with Gasteiger partial charge in [-0.15, -0.1) is 0 Å². The number of ether oxygens (including phenoxy) is 1. The Morgan fingerprint density at radius 1 is 1.25 bits per heavy atom. The zero-order valence-corrected chi connectivity index (χ0v) is 12.3. The van der Waals surface area contributed by atoms with Gasteiger partial charge >= 0.3 is 0 Å². The number of aliphatic hydroxyl groups excluding tert-OH is 1. The van der Waals surface area contributed by atoms with Crippen molar-refractivity contribution in [1.82, 2.24) is 9.55 Å². The van der Waals surface area contributed by atoms with Gasteiger partial charge in [-0.2, -0.15) is 0 Å². The molecule has 4 heteroatoms. The second-order valence-electron chi connectivity index (χ2n) is 5.24. The van der Waals surface area contributed by atoms with Crippen LogP contribution in [0, 0.1) is 0 Å². The minimum atomic E-state index is -0.472. The molecule has 1 N–H and O–H groups in total. The lowest BCUT2D eigenvalue weighted by Gasteiger charge is -2.13. The maximum absolute atomic E-state index is 10.2. The van der Waals surface area contributed by atoms with Crippen molar-refractivity contribution in [1.29, 1.82) is 0 Å². The molecule has 0 radical (unpaired) electrons. The van der Waals surface area contributed by atoms with E-state index >= 15 is 0 Å². The Morgan fingerprint density at radius 3 is 2.50 bits per heavy atom. The highest BCUT2D eigenvalue weighted by atomic mass is 16.5. The van der Waals surface area contributed by atoms with Gasteiger partial charge in [0.2, 0.25) is 0 Å². The van der Waals surface area contributed by atoms with Crippen molar-refractivity contribution in [2.24, 2.45) is 7.05 Å². The summed E-state index contributed by atoms with van der Waals surface area (Å²) >= 11 is 0. The maximum Gasteiger partial charge on any atom is 0.119 e. The first-order chi connectivity index (χ1) is 9.56. The molecule has 2 rings (SSSR count). The van der Waals surface area contributed by atoms with E-state index in [9.17, 15) is 5.11 Å². The van der Waals surface area contributed by atoms with Crippen LogP contribution in [0.2, 0.25) is 0 Å². The molecule has 0 aliphatic carbocycles. The Bertz CT molecular complexity index is 532. The molecule has 1 aromatic heterocycles. The van der Waals surface area contributed by atoms with Gasteiger partial charge in [0.25, 0.3) is 0 Å². The molecule has 0 fully saturated rings. The largest absolute Gasteiger partial charge is 0.491 e. The minimum Gasteiger partial charge on any atom is -0.491 e.